The summed E-state index contributed by atoms with van der Waals surface area (Å²) in [5.74, 6) is -0.253. The van der Waals surface area contributed by atoms with Gasteiger partial charge in [0.2, 0.25) is 15.9 Å². The van der Waals surface area contributed by atoms with Gasteiger partial charge in [0.15, 0.2) is 0 Å². The fourth-order valence-corrected chi connectivity index (χ4v) is 2.53. The van der Waals surface area contributed by atoms with Crippen LogP contribution in [0.1, 0.15) is 25.0 Å². The van der Waals surface area contributed by atoms with Gasteiger partial charge in [-0.25, -0.2) is 13.6 Å². The van der Waals surface area contributed by atoms with Gasteiger partial charge in [-0.2, -0.15) is 0 Å². The average molecular weight is 302 g/mol. The molecule has 0 heterocycles. The molecule has 2 atom stereocenters. The molecule has 0 aliphatic carbocycles. The molecule has 0 saturated heterocycles. The van der Waals surface area contributed by atoms with Crippen molar-refractivity contribution in [2.24, 2.45) is 5.14 Å². The zero-order valence-electron chi connectivity index (χ0n) is 11.0. The summed E-state index contributed by atoms with van der Waals surface area (Å²) in [5, 5.41) is 27.4. The number of benzene rings is 1. The lowest BCUT2D eigenvalue weighted by Gasteiger charge is -2.20. The van der Waals surface area contributed by atoms with Crippen molar-refractivity contribution in [1.29, 1.82) is 0 Å². The Morgan fingerprint density at radius 2 is 1.95 bits per heavy atom. The number of rotatable bonds is 6. The van der Waals surface area contributed by atoms with Gasteiger partial charge in [0, 0.05) is 19.0 Å². The van der Waals surface area contributed by atoms with Crippen LogP contribution >= 0.6 is 0 Å². The van der Waals surface area contributed by atoms with Crippen molar-refractivity contribution in [3.8, 4) is 0 Å². The number of hydrogen-bond donors (Lipinski definition) is 4. The monoisotopic (exact) mass is 302 g/mol. The minimum Gasteiger partial charge on any atom is -0.390 e. The van der Waals surface area contributed by atoms with Gasteiger partial charge in [-0.1, -0.05) is 18.2 Å². The molecule has 0 aliphatic heterocycles. The first-order valence-corrected chi connectivity index (χ1v) is 7.50. The molecule has 0 fully saturated rings. The molecular weight excluding hydrogens is 284 g/mol. The Labute approximate surface area is 117 Å². The summed E-state index contributed by atoms with van der Waals surface area (Å²) in [4.78, 5) is 10.5. The number of carbonyl (C=O) groups excluding carboxylic acids is 1. The van der Waals surface area contributed by atoms with Crippen LogP contribution < -0.4 is 10.5 Å². The van der Waals surface area contributed by atoms with Crippen LogP contribution in [-0.4, -0.2) is 37.2 Å². The van der Waals surface area contributed by atoms with E-state index in [-0.39, 0.29) is 29.3 Å². The van der Waals surface area contributed by atoms with Crippen molar-refractivity contribution in [1.82, 2.24) is 5.32 Å². The quantitative estimate of drug-likeness (QED) is 0.549. The Morgan fingerprint density at radius 1 is 1.35 bits per heavy atom. The Kier molecular flexibility index (Phi) is 5.63. The number of aliphatic hydroxyl groups excluding tert-OH is 2. The van der Waals surface area contributed by atoms with E-state index in [0.717, 1.165) is 0 Å². The Hall–Kier alpha value is -1.48. The maximum atomic E-state index is 11.4. The third-order valence-electron chi connectivity index (χ3n) is 2.72. The number of amides is 1. The first-order valence-electron chi connectivity index (χ1n) is 5.95. The lowest BCUT2D eigenvalue weighted by Crippen LogP contribution is -2.28. The fourth-order valence-electron chi connectivity index (χ4n) is 1.75. The first kappa shape index (κ1) is 16.6. The molecule has 0 radical (unpaired) electrons. The van der Waals surface area contributed by atoms with Crippen molar-refractivity contribution in [2.75, 3.05) is 6.54 Å². The molecule has 0 aliphatic rings. The molecule has 1 aromatic carbocycles. The second-order valence-corrected chi connectivity index (χ2v) is 5.90. The molecule has 0 spiro atoms. The van der Waals surface area contributed by atoms with E-state index in [4.69, 9.17) is 5.14 Å². The molecule has 2 unspecified atom stereocenters. The van der Waals surface area contributed by atoms with Gasteiger partial charge in [-0.05, 0) is 12.5 Å². The Bertz CT molecular complexity index is 573. The van der Waals surface area contributed by atoms with Gasteiger partial charge in [0.05, 0.1) is 11.0 Å². The van der Waals surface area contributed by atoms with E-state index in [1.54, 1.807) is 0 Å². The molecule has 112 valence electrons. The fraction of sp³-hybridized carbons (Fsp3) is 0.417. The summed E-state index contributed by atoms with van der Waals surface area (Å²) in [6.45, 7) is 1.50. The number of hydrogen-bond acceptors (Lipinski definition) is 5. The van der Waals surface area contributed by atoms with Crippen molar-refractivity contribution >= 4 is 15.9 Å². The minimum atomic E-state index is -3.99. The van der Waals surface area contributed by atoms with Crippen LogP contribution in [0, 0.1) is 0 Å². The summed E-state index contributed by atoms with van der Waals surface area (Å²) in [5.41, 5.74) is 0.0327. The van der Waals surface area contributed by atoms with E-state index < -0.39 is 22.2 Å². The molecule has 0 aromatic heterocycles. The number of primary sulfonamides is 1. The van der Waals surface area contributed by atoms with E-state index in [1.807, 2.05) is 0 Å². The SMILES string of the molecule is CC(=O)NCCC(O)C(O)c1ccccc1S(N)(=O)=O. The van der Waals surface area contributed by atoms with Crippen LogP contribution in [0.5, 0.6) is 0 Å². The van der Waals surface area contributed by atoms with Gasteiger partial charge >= 0.3 is 0 Å². The van der Waals surface area contributed by atoms with Gasteiger partial charge < -0.3 is 15.5 Å². The lowest BCUT2D eigenvalue weighted by molar-refractivity contribution is -0.119. The largest absolute Gasteiger partial charge is 0.390 e. The third-order valence-corrected chi connectivity index (χ3v) is 3.71. The zero-order valence-corrected chi connectivity index (χ0v) is 11.8. The minimum absolute atomic E-state index is 0.0327. The summed E-state index contributed by atoms with van der Waals surface area (Å²) >= 11 is 0. The molecule has 7 nitrogen and oxygen atoms in total. The number of nitrogens with two attached hydrogens (primary N) is 1. The van der Waals surface area contributed by atoms with Gasteiger partial charge in [-0.15, -0.1) is 0 Å². The van der Waals surface area contributed by atoms with E-state index >= 15 is 0 Å². The lowest BCUT2D eigenvalue weighted by atomic mass is 10.0. The molecular formula is C12H18N2O5S. The highest BCUT2D eigenvalue weighted by atomic mass is 32.2. The third kappa shape index (κ3) is 4.57. The van der Waals surface area contributed by atoms with Crippen LogP contribution in [0.2, 0.25) is 0 Å². The Morgan fingerprint density at radius 3 is 2.50 bits per heavy atom. The molecule has 5 N–H and O–H groups in total. The summed E-state index contributed by atoms with van der Waals surface area (Å²) < 4.78 is 22.8. The summed E-state index contributed by atoms with van der Waals surface area (Å²) in [7, 11) is -3.99. The summed E-state index contributed by atoms with van der Waals surface area (Å²) in [6, 6.07) is 5.65. The number of aliphatic hydroxyl groups is 2. The first-order chi connectivity index (χ1) is 9.23. The predicted molar refractivity (Wildman–Crippen MR) is 72.1 cm³/mol. The summed E-state index contributed by atoms with van der Waals surface area (Å²) in [6.07, 6.45) is -2.54. The molecule has 1 aromatic rings. The topological polar surface area (TPSA) is 130 Å². The van der Waals surface area contributed by atoms with Crippen molar-refractivity contribution in [3.63, 3.8) is 0 Å². The Balaban J connectivity index is 2.87. The highest BCUT2D eigenvalue weighted by molar-refractivity contribution is 7.89. The van der Waals surface area contributed by atoms with Crippen molar-refractivity contribution < 1.29 is 23.4 Å². The second-order valence-electron chi connectivity index (χ2n) is 4.37. The molecule has 0 saturated carbocycles. The van der Waals surface area contributed by atoms with E-state index in [2.05, 4.69) is 5.32 Å². The highest BCUT2D eigenvalue weighted by Gasteiger charge is 2.24. The second kappa shape index (κ2) is 6.80. The smallest absolute Gasteiger partial charge is 0.238 e. The van der Waals surface area contributed by atoms with Gasteiger partial charge in [0.25, 0.3) is 0 Å². The van der Waals surface area contributed by atoms with Crippen molar-refractivity contribution in [2.45, 2.75) is 30.4 Å². The molecule has 20 heavy (non-hydrogen) atoms. The van der Waals surface area contributed by atoms with Gasteiger partial charge in [0.1, 0.15) is 6.10 Å². The van der Waals surface area contributed by atoms with Crippen LogP contribution in [0.4, 0.5) is 0 Å². The number of sulfonamides is 1. The van der Waals surface area contributed by atoms with Crippen LogP contribution in [0.25, 0.3) is 0 Å². The molecule has 0 bridgehead atoms. The highest BCUT2D eigenvalue weighted by Crippen LogP contribution is 2.25. The standard InChI is InChI=1S/C12H18N2O5S/c1-8(15)14-7-6-10(16)12(17)9-4-2-3-5-11(9)20(13,18)19/h2-5,10,12,16-17H,6-7H2,1H3,(H,14,15)(H2,13,18,19). The van der Waals surface area contributed by atoms with Gasteiger partial charge in [-0.3, -0.25) is 4.79 Å². The molecule has 8 heteroatoms. The molecule has 1 rings (SSSR count). The zero-order chi connectivity index (χ0) is 15.3. The molecule has 1 amide bonds. The van der Waals surface area contributed by atoms with E-state index in [0.29, 0.717) is 0 Å². The predicted octanol–water partition coefficient (Wildman–Crippen LogP) is -0.745. The van der Waals surface area contributed by atoms with Crippen molar-refractivity contribution in [3.05, 3.63) is 29.8 Å². The number of nitrogens with one attached hydrogen (secondary N) is 1. The maximum absolute atomic E-state index is 11.4. The van der Waals surface area contributed by atoms with E-state index in [9.17, 15) is 23.4 Å². The normalized spacial score (nSPS) is 14.6. The van der Waals surface area contributed by atoms with Crippen LogP contribution in [-0.2, 0) is 14.8 Å². The van der Waals surface area contributed by atoms with Crippen LogP contribution in [0.15, 0.2) is 29.2 Å². The number of carbonyl (C=O) groups is 1. The van der Waals surface area contributed by atoms with E-state index in [1.165, 1.54) is 31.2 Å². The van der Waals surface area contributed by atoms with Crippen LogP contribution in [0.3, 0.4) is 0 Å². The maximum Gasteiger partial charge on any atom is 0.238 e. The average Bonchev–Trinajstić information content (AvgIpc) is 2.36.